The highest BCUT2D eigenvalue weighted by atomic mass is 32.1. The first-order valence-electron chi connectivity index (χ1n) is 5.99. The quantitative estimate of drug-likeness (QED) is 0.866. The van der Waals surface area contributed by atoms with Crippen LogP contribution in [0.25, 0.3) is 10.7 Å². The van der Waals surface area contributed by atoms with Crippen LogP contribution < -0.4 is 4.74 Å². The van der Waals surface area contributed by atoms with Gasteiger partial charge in [0.05, 0.1) is 12.0 Å². The van der Waals surface area contributed by atoms with Gasteiger partial charge < -0.3 is 4.74 Å². The van der Waals surface area contributed by atoms with Crippen LogP contribution in [0.3, 0.4) is 0 Å². The van der Waals surface area contributed by atoms with Gasteiger partial charge in [0.15, 0.2) is 5.82 Å². The first-order chi connectivity index (χ1) is 8.90. The molecule has 0 aliphatic rings. The van der Waals surface area contributed by atoms with Crippen molar-refractivity contribution in [2.45, 2.75) is 27.2 Å². The third kappa shape index (κ3) is 3.20. The number of thiophene rings is 1. The topological polar surface area (TPSA) is 57.0 Å². The summed E-state index contributed by atoms with van der Waals surface area (Å²) in [5.41, 5.74) is -0.0943. The van der Waals surface area contributed by atoms with Crippen molar-refractivity contribution in [3.05, 3.63) is 17.5 Å². The second-order valence-electron chi connectivity index (χ2n) is 5.44. The zero-order valence-electron chi connectivity index (χ0n) is 11.5. The lowest BCUT2D eigenvalue weighted by molar-refractivity contribution is 0.0841. The van der Waals surface area contributed by atoms with Gasteiger partial charge in [-0.2, -0.15) is 9.67 Å². The van der Waals surface area contributed by atoms with Crippen LogP contribution in [0.1, 0.15) is 32.0 Å². The molecule has 2 rings (SSSR count). The minimum atomic E-state index is -0.0943. The van der Waals surface area contributed by atoms with Crippen LogP contribution in [0.2, 0.25) is 0 Å². The van der Waals surface area contributed by atoms with Crippen molar-refractivity contribution in [2.75, 3.05) is 7.11 Å². The number of carbonyl (C=O) groups is 1. The van der Waals surface area contributed by atoms with Crippen LogP contribution in [0.5, 0.6) is 6.01 Å². The van der Waals surface area contributed by atoms with E-state index in [-0.39, 0.29) is 17.3 Å². The van der Waals surface area contributed by atoms with Crippen LogP contribution in [0.15, 0.2) is 17.5 Å². The predicted molar refractivity (Wildman–Crippen MR) is 74.6 cm³/mol. The molecule has 0 N–H and O–H groups in total. The molecule has 0 spiro atoms. The molecule has 0 fully saturated rings. The van der Waals surface area contributed by atoms with Gasteiger partial charge >= 0.3 is 6.01 Å². The Morgan fingerprint density at radius 3 is 2.74 bits per heavy atom. The summed E-state index contributed by atoms with van der Waals surface area (Å²) in [6, 6.07) is 4.04. The number of nitrogens with zero attached hydrogens (tertiary/aromatic N) is 3. The van der Waals surface area contributed by atoms with E-state index in [9.17, 15) is 4.79 Å². The number of carbonyl (C=O) groups excluding carboxylic acids is 1. The van der Waals surface area contributed by atoms with Gasteiger partial charge in [-0.3, -0.25) is 4.79 Å². The van der Waals surface area contributed by atoms with Gasteiger partial charge in [-0.05, 0) is 16.9 Å². The van der Waals surface area contributed by atoms with E-state index < -0.39 is 0 Å². The SMILES string of the molecule is COc1nc(-c2cccs2)n(C(=O)CC(C)(C)C)n1. The highest BCUT2D eigenvalue weighted by Crippen LogP contribution is 2.26. The first kappa shape index (κ1) is 13.7. The first-order valence-corrected chi connectivity index (χ1v) is 6.87. The molecular weight excluding hydrogens is 262 g/mol. The smallest absolute Gasteiger partial charge is 0.336 e. The fourth-order valence-electron chi connectivity index (χ4n) is 1.65. The molecule has 0 atom stereocenters. The van der Waals surface area contributed by atoms with E-state index in [1.807, 2.05) is 38.3 Å². The van der Waals surface area contributed by atoms with E-state index in [1.165, 1.54) is 23.1 Å². The Morgan fingerprint density at radius 1 is 1.47 bits per heavy atom. The lowest BCUT2D eigenvalue weighted by Gasteiger charge is -2.16. The molecule has 6 heteroatoms. The van der Waals surface area contributed by atoms with Crippen molar-refractivity contribution in [1.82, 2.24) is 14.8 Å². The lowest BCUT2D eigenvalue weighted by Crippen LogP contribution is -2.20. The third-order valence-corrected chi connectivity index (χ3v) is 3.30. The molecule has 102 valence electrons. The van der Waals surface area contributed by atoms with Crippen molar-refractivity contribution < 1.29 is 9.53 Å². The normalized spacial score (nSPS) is 11.6. The summed E-state index contributed by atoms with van der Waals surface area (Å²) < 4.78 is 6.37. The average molecular weight is 279 g/mol. The Balaban J connectivity index is 2.39. The Kier molecular flexibility index (Phi) is 3.71. The van der Waals surface area contributed by atoms with Crippen molar-refractivity contribution in [2.24, 2.45) is 5.41 Å². The minimum Gasteiger partial charge on any atom is -0.466 e. The van der Waals surface area contributed by atoms with Crippen LogP contribution >= 0.6 is 11.3 Å². The van der Waals surface area contributed by atoms with E-state index >= 15 is 0 Å². The Bertz CT molecular complexity index is 567. The van der Waals surface area contributed by atoms with Crippen LogP contribution in [0.4, 0.5) is 0 Å². The summed E-state index contributed by atoms with van der Waals surface area (Å²) in [6.45, 7) is 6.05. The van der Waals surface area contributed by atoms with E-state index in [0.29, 0.717) is 12.2 Å². The Morgan fingerprint density at radius 2 is 2.21 bits per heavy atom. The zero-order valence-corrected chi connectivity index (χ0v) is 12.3. The monoisotopic (exact) mass is 279 g/mol. The number of hydrogen-bond acceptors (Lipinski definition) is 5. The van der Waals surface area contributed by atoms with Crippen LogP contribution in [0, 0.1) is 5.41 Å². The number of hydrogen-bond donors (Lipinski definition) is 0. The van der Waals surface area contributed by atoms with Crippen LogP contribution in [-0.4, -0.2) is 27.8 Å². The molecule has 0 amide bonds. The third-order valence-electron chi connectivity index (χ3n) is 2.43. The highest BCUT2D eigenvalue weighted by molar-refractivity contribution is 7.13. The summed E-state index contributed by atoms with van der Waals surface area (Å²) in [5.74, 6) is 0.466. The molecular formula is C13H17N3O2S. The molecule has 2 aromatic rings. The summed E-state index contributed by atoms with van der Waals surface area (Å²) >= 11 is 1.52. The average Bonchev–Trinajstić information content (AvgIpc) is 2.95. The molecule has 0 unspecified atom stereocenters. The van der Waals surface area contributed by atoms with Gasteiger partial charge in [0, 0.05) is 6.42 Å². The largest absolute Gasteiger partial charge is 0.466 e. The molecule has 2 aromatic heterocycles. The number of rotatable bonds is 3. The van der Waals surface area contributed by atoms with Gasteiger partial charge in [0.2, 0.25) is 5.91 Å². The van der Waals surface area contributed by atoms with Gasteiger partial charge in [-0.1, -0.05) is 26.8 Å². The molecule has 2 heterocycles. The van der Waals surface area contributed by atoms with Crippen molar-refractivity contribution in [1.29, 1.82) is 0 Å². The van der Waals surface area contributed by atoms with Crippen molar-refractivity contribution in [3.63, 3.8) is 0 Å². The number of methoxy groups -OCH3 is 1. The van der Waals surface area contributed by atoms with Crippen molar-refractivity contribution in [3.8, 4) is 16.7 Å². The Hall–Kier alpha value is -1.69. The maximum atomic E-state index is 12.3. The van der Waals surface area contributed by atoms with E-state index in [1.54, 1.807) is 0 Å². The van der Waals surface area contributed by atoms with Gasteiger partial charge in [0.25, 0.3) is 0 Å². The molecule has 0 aromatic carbocycles. The van der Waals surface area contributed by atoms with E-state index in [0.717, 1.165) is 4.88 Å². The number of ether oxygens (including phenoxy) is 1. The summed E-state index contributed by atoms with van der Waals surface area (Å²) in [6.07, 6.45) is 0.401. The molecule has 0 aliphatic carbocycles. The number of aromatic nitrogens is 3. The molecule has 5 nitrogen and oxygen atoms in total. The van der Waals surface area contributed by atoms with Gasteiger partial charge in [-0.25, -0.2) is 0 Å². The summed E-state index contributed by atoms with van der Waals surface area (Å²) in [5, 5.41) is 6.05. The fourth-order valence-corrected chi connectivity index (χ4v) is 2.35. The molecule has 0 radical (unpaired) electrons. The molecule has 0 bridgehead atoms. The Labute approximate surface area is 116 Å². The molecule has 0 aliphatic heterocycles. The lowest BCUT2D eigenvalue weighted by atomic mass is 9.92. The molecule has 0 saturated heterocycles. The zero-order chi connectivity index (χ0) is 14.0. The summed E-state index contributed by atoms with van der Waals surface area (Å²) in [4.78, 5) is 17.5. The maximum absolute atomic E-state index is 12.3. The van der Waals surface area contributed by atoms with Gasteiger partial charge in [0.1, 0.15) is 0 Å². The standard InChI is InChI=1S/C13H17N3O2S/c1-13(2,3)8-10(17)16-11(9-6-5-7-19-9)14-12(15-16)18-4/h5-7H,8H2,1-4H3. The van der Waals surface area contributed by atoms with Gasteiger partial charge in [-0.15, -0.1) is 16.4 Å². The molecule has 0 saturated carbocycles. The fraction of sp³-hybridized carbons (Fsp3) is 0.462. The highest BCUT2D eigenvalue weighted by Gasteiger charge is 2.23. The molecule has 19 heavy (non-hydrogen) atoms. The predicted octanol–water partition coefficient (Wildman–Crippen LogP) is 3.09. The van der Waals surface area contributed by atoms with E-state index in [4.69, 9.17) is 4.74 Å². The maximum Gasteiger partial charge on any atom is 0.336 e. The second kappa shape index (κ2) is 5.13. The van der Waals surface area contributed by atoms with Crippen LogP contribution in [-0.2, 0) is 0 Å². The summed E-state index contributed by atoms with van der Waals surface area (Å²) in [7, 11) is 1.49. The van der Waals surface area contributed by atoms with Crippen molar-refractivity contribution >= 4 is 17.2 Å². The second-order valence-corrected chi connectivity index (χ2v) is 6.39. The van der Waals surface area contributed by atoms with E-state index in [2.05, 4.69) is 10.1 Å². The minimum absolute atomic E-state index is 0.0771.